The second-order valence-corrected chi connectivity index (χ2v) is 10.1. The Morgan fingerprint density at radius 2 is 1.28 bits per heavy atom. The van der Waals surface area contributed by atoms with E-state index in [9.17, 15) is 8.78 Å². The first kappa shape index (κ1) is 23.0. The van der Waals surface area contributed by atoms with E-state index in [2.05, 4.69) is 19.1 Å². The molecule has 0 aromatic heterocycles. The Morgan fingerprint density at radius 1 is 0.750 bits per heavy atom. The monoisotopic (exact) mass is 438 g/mol. The van der Waals surface area contributed by atoms with E-state index in [-0.39, 0.29) is 11.3 Å². The predicted molar refractivity (Wildman–Crippen MR) is 127 cm³/mol. The fourth-order valence-electron chi connectivity index (χ4n) is 5.20. The number of hydrogen-bond acceptors (Lipinski definition) is 1. The van der Waals surface area contributed by atoms with Crippen molar-refractivity contribution in [3.63, 3.8) is 0 Å². The van der Waals surface area contributed by atoms with Gasteiger partial charge in [-0.25, -0.2) is 0 Å². The number of alkyl halides is 2. The fraction of sp³-hybridized carbons (Fsp3) is 0.517. The molecule has 2 aliphatic carbocycles. The fourth-order valence-corrected chi connectivity index (χ4v) is 5.20. The van der Waals surface area contributed by atoms with Gasteiger partial charge in [0.05, 0.1) is 5.56 Å². The second kappa shape index (κ2) is 10.2. The third-order valence-electron chi connectivity index (χ3n) is 7.47. The van der Waals surface area contributed by atoms with Gasteiger partial charge >= 0.3 is 6.11 Å². The third kappa shape index (κ3) is 5.99. The summed E-state index contributed by atoms with van der Waals surface area (Å²) in [7, 11) is 0. The van der Waals surface area contributed by atoms with Crippen molar-refractivity contribution in [3.8, 4) is 5.75 Å². The van der Waals surface area contributed by atoms with Gasteiger partial charge in [-0.3, -0.25) is 0 Å². The number of hydrogen-bond donors (Lipinski definition) is 0. The van der Waals surface area contributed by atoms with Gasteiger partial charge in [-0.2, -0.15) is 8.78 Å². The summed E-state index contributed by atoms with van der Waals surface area (Å²) in [6.07, 6.45) is 11.7. The van der Waals surface area contributed by atoms with E-state index in [4.69, 9.17) is 4.74 Å². The first-order valence-corrected chi connectivity index (χ1v) is 12.3. The number of ether oxygens (including phenoxy) is 1. The lowest BCUT2D eigenvalue weighted by molar-refractivity contribution is -0.185. The Morgan fingerprint density at radius 3 is 1.84 bits per heavy atom. The van der Waals surface area contributed by atoms with E-state index in [0.29, 0.717) is 11.8 Å². The van der Waals surface area contributed by atoms with Crippen molar-refractivity contribution >= 4 is 0 Å². The van der Waals surface area contributed by atoms with Crippen LogP contribution in [-0.4, -0.2) is 0 Å². The summed E-state index contributed by atoms with van der Waals surface area (Å²) in [6, 6.07) is 13.5. The van der Waals surface area contributed by atoms with Crippen molar-refractivity contribution in [2.75, 3.05) is 0 Å². The molecule has 2 aromatic carbocycles. The lowest BCUT2D eigenvalue weighted by Gasteiger charge is -2.28. The minimum absolute atomic E-state index is 0.0970. The van der Waals surface area contributed by atoms with Crippen LogP contribution in [0.4, 0.5) is 8.78 Å². The van der Waals surface area contributed by atoms with Crippen molar-refractivity contribution in [1.29, 1.82) is 0 Å². The zero-order valence-electron chi connectivity index (χ0n) is 19.4. The molecule has 0 atom stereocenters. The number of allylic oxidation sites excluding steroid dienone is 2. The highest BCUT2D eigenvalue weighted by molar-refractivity contribution is 5.30. The molecule has 1 nitrogen and oxygen atoms in total. The molecule has 2 aromatic rings. The van der Waals surface area contributed by atoms with Gasteiger partial charge < -0.3 is 4.74 Å². The van der Waals surface area contributed by atoms with Gasteiger partial charge in [-0.15, -0.1) is 0 Å². The van der Waals surface area contributed by atoms with Crippen LogP contribution in [-0.2, 0) is 6.11 Å². The van der Waals surface area contributed by atoms with Crippen LogP contribution >= 0.6 is 0 Å². The van der Waals surface area contributed by atoms with Gasteiger partial charge in [0.1, 0.15) is 5.75 Å². The molecular weight excluding hydrogens is 402 g/mol. The van der Waals surface area contributed by atoms with Crippen molar-refractivity contribution in [3.05, 3.63) is 77.4 Å². The second-order valence-electron chi connectivity index (χ2n) is 10.1. The van der Waals surface area contributed by atoms with Gasteiger partial charge in [0.25, 0.3) is 0 Å². The quantitative estimate of drug-likeness (QED) is 0.410. The van der Waals surface area contributed by atoms with Gasteiger partial charge in [-0.1, -0.05) is 61.7 Å². The normalized spacial score (nSPS) is 26.9. The molecule has 2 aliphatic rings. The van der Waals surface area contributed by atoms with Crippen LogP contribution in [0.5, 0.6) is 5.75 Å². The molecule has 0 saturated heterocycles. The van der Waals surface area contributed by atoms with Crippen LogP contribution < -0.4 is 4.74 Å². The Hall–Kier alpha value is -2.16. The molecule has 2 saturated carbocycles. The minimum Gasteiger partial charge on any atom is -0.429 e. The molecule has 0 N–H and O–H groups in total. The topological polar surface area (TPSA) is 9.23 Å². The van der Waals surface area contributed by atoms with E-state index >= 15 is 0 Å². The molecule has 0 radical (unpaired) electrons. The first-order valence-electron chi connectivity index (χ1n) is 12.3. The van der Waals surface area contributed by atoms with Crippen molar-refractivity contribution < 1.29 is 13.5 Å². The molecule has 0 heterocycles. The summed E-state index contributed by atoms with van der Waals surface area (Å²) in [6.45, 7) is 4.29. The lowest BCUT2D eigenvalue weighted by Crippen LogP contribution is -2.22. The van der Waals surface area contributed by atoms with Crippen LogP contribution in [0, 0.1) is 24.7 Å². The molecule has 2 fully saturated rings. The third-order valence-corrected chi connectivity index (χ3v) is 7.47. The molecule has 0 unspecified atom stereocenters. The predicted octanol–water partition coefficient (Wildman–Crippen LogP) is 8.78. The van der Waals surface area contributed by atoms with Crippen LogP contribution in [0.2, 0.25) is 0 Å². The summed E-state index contributed by atoms with van der Waals surface area (Å²) in [5.74, 6) is 3.00. The Labute approximate surface area is 191 Å². The van der Waals surface area contributed by atoms with Gasteiger partial charge in [0.15, 0.2) is 0 Å². The van der Waals surface area contributed by atoms with Crippen molar-refractivity contribution in [2.45, 2.75) is 77.2 Å². The Kier molecular flexibility index (Phi) is 7.33. The van der Waals surface area contributed by atoms with Crippen LogP contribution in [0.15, 0.2) is 60.7 Å². The summed E-state index contributed by atoms with van der Waals surface area (Å²) < 4.78 is 34.2. The molecule has 4 rings (SSSR count). The maximum Gasteiger partial charge on any atom is 0.426 e. The number of aryl methyl sites for hydroxylation is 1. The molecule has 32 heavy (non-hydrogen) atoms. The summed E-state index contributed by atoms with van der Waals surface area (Å²) in [5, 5.41) is 0. The number of rotatable bonds is 6. The zero-order valence-corrected chi connectivity index (χ0v) is 19.4. The zero-order chi connectivity index (χ0) is 22.6. The van der Waals surface area contributed by atoms with Gasteiger partial charge in [0, 0.05) is 0 Å². The maximum atomic E-state index is 14.6. The largest absolute Gasteiger partial charge is 0.429 e. The molecule has 0 amide bonds. The molecule has 3 heteroatoms. The lowest BCUT2D eigenvalue weighted by atomic mass is 9.77. The van der Waals surface area contributed by atoms with E-state index in [1.54, 1.807) is 24.3 Å². The van der Waals surface area contributed by atoms with Gasteiger partial charge in [-0.05, 0) is 98.9 Å². The molecule has 0 aliphatic heterocycles. The Bertz CT molecular complexity index is 868. The van der Waals surface area contributed by atoms with E-state index < -0.39 is 6.11 Å². The van der Waals surface area contributed by atoms with Crippen molar-refractivity contribution in [2.24, 2.45) is 17.8 Å². The number of halogens is 2. The van der Waals surface area contributed by atoms with Gasteiger partial charge in [0.2, 0.25) is 0 Å². The van der Waals surface area contributed by atoms with Crippen molar-refractivity contribution in [1.82, 2.24) is 0 Å². The number of benzene rings is 2. The highest BCUT2D eigenvalue weighted by Crippen LogP contribution is 2.39. The van der Waals surface area contributed by atoms with Crippen LogP contribution in [0.25, 0.3) is 0 Å². The average Bonchev–Trinajstić information content (AvgIpc) is 2.81. The maximum absolute atomic E-state index is 14.6. The molecular formula is C29H36F2O. The van der Waals surface area contributed by atoms with E-state index in [0.717, 1.165) is 30.2 Å². The Balaban J connectivity index is 1.29. The first-order chi connectivity index (χ1) is 15.4. The highest BCUT2D eigenvalue weighted by Gasteiger charge is 2.34. The summed E-state index contributed by atoms with van der Waals surface area (Å²) in [4.78, 5) is 0. The van der Waals surface area contributed by atoms with Crippen LogP contribution in [0.1, 0.15) is 80.9 Å². The smallest absolute Gasteiger partial charge is 0.426 e. The summed E-state index contributed by atoms with van der Waals surface area (Å²) in [5.41, 5.74) is 2.09. The molecule has 0 bridgehead atoms. The van der Waals surface area contributed by atoms with Crippen LogP contribution in [0.3, 0.4) is 0 Å². The SMILES string of the molecule is Cc1ccc(OC(F)(F)c2ccc(C3CCC(/C=C/C4CCC(C)CC4)CC3)cc2)cc1. The highest BCUT2D eigenvalue weighted by atomic mass is 19.3. The summed E-state index contributed by atoms with van der Waals surface area (Å²) >= 11 is 0. The molecule has 172 valence electrons. The van der Waals surface area contributed by atoms with E-state index in [1.807, 2.05) is 19.1 Å². The van der Waals surface area contributed by atoms with E-state index in [1.165, 1.54) is 56.2 Å². The molecule has 0 spiro atoms. The standard InChI is InChI=1S/C29H36F2O/c1-21-3-7-23(8-4-21)9-10-24-11-13-25(14-12-24)26-15-17-27(18-16-26)29(30,31)32-28-19-5-22(2)6-20-28/h5-6,9-10,15-21,23-25H,3-4,7-8,11-14H2,1-2H3/b10-9+. The minimum atomic E-state index is -3.34. The average molecular weight is 439 g/mol.